The van der Waals surface area contributed by atoms with Crippen molar-refractivity contribution < 1.29 is 0 Å². The molecule has 0 radical (unpaired) electrons. The fourth-order valence-corrected chi connectivity index (χ4v) is 2.31. The molecule has 0 spiro atoms. The average molecular weight is 273 g/mol. The van der Waals surface area contributed by atoms with Gasteiger partial charge in [0, 0.05) is 18.7 Å². The van der Waals surface area contributed by atoms with Gasteiger partial charge in [-0.1, -0.05) is 6.92 Å². The molecule has 0 aromatic carbocycles. The van der Waals surface area contributed by atoms with Crippen LogP contribution in [-0.2, 0) is 6.42 Å². The van der Waals surface area contributed by atoms with E-state index in [0.29, 0.717) is 6.04 Å². The van der Waals surface area contributed by atoms with Gasteiger partial charge in [-0.25, -0.2) is 9.67 Å². The lowest BCUT2D eigenvalue weighted by atomic mass is 10.1. The van der Waals surface area contributed by atoms with Gasteiger partial charge in [0.25, 0.3) is 0 Å². The Labute approximate surface area is 120 Å². The van der Waals surface area contributed by atoms with E-state index in [1.807, 2.05) is 16.9 Å². The van der Waals surface area contributed by atoms with Crippen LogP contribution < -0.4 is 5.32 Å². The van der Waals surface area contributed by atoms with Gasteiger partial charge < -0.3 is 5.32 Å². The largest absolute Gasteiger partial charge is 0.309 e. The van der Waals surface area contributed by atoms with E-state index >= 15 is 0 Å². The van der Waals surface area contributed by atoms with Gasteiger partial charge in [0.05, 0.1) is 11.7 Å². The van der Waals surface area contributed by atoms with Crippen LogP contribution in [0.1, 0.15) is 49.9 Å². The number of pyridine rings is 1. The second-order valence-electron chi connectivity index (χ2n) is 5.29. The summed E-state index contributed by atoms with van der Waals surface area (Å²) in [4.78, 5) is 8.89. The third-order valence-corrected chi connectivity index (χ3v) is 3.27. The van der Waals surface area contributed by atoms with Crippen molar-refractivity contribution in [3.05, 3.63) is 41.7 Å². The Bertz CT molecular complexity index is 547. The van der Waals surface area contributed by atoms with Gasteiger partial charge in [0.15, 0.2) is 0 Å². The maximum atomic E-state index is 4.49. The molecular formula is C15H23N5. The zero-order valence-electron chi connectivity index (χ0n) is 12.7. The van der Waals surface area contributed by atoms with Crippen LogP contribution >= 0.6 is 0 Å². The topological polar surface area (TPSA) is 55.6 Å². The van der Waals surface area contributed by atoms with Crippen molar-refractivity contribution in [2.75, 3.05) is 6.54 Å². The molecule has 0 saturated carbocycles. The maximum absolute atomic E-state index is 4.49. The number of nitrogens with zero attached hydrogens (tertiary/aromatic N) is 4. The molecule has 20 heavy (non-hydrogen) atoms. The van der Waals surface area contributed by atoms with Crippen LogP contribution in [-0.4, -0.2) is 26.3 Å². The van der Waals surface area contributed by atoms with E-state index in [2.05, 4.69) is 54.1 Å². The third-order valence-electron chi connectivity index (χ3n) is 3.27. The van der Waals surface area contributed by atoms with E-state index in [4.69, 9.17) is 0 Å². The summed E-state index contributed by atoms with van der Waals surface area (Å²) in [7, 11) is 0. The second-order valence-corrected chi connectivity index (χ2v) is 5.29. The van der Waals surface area contributed by atoms with Crippen molar-refractivity contribution in [2.24, 2.45) is 0 Å². The smallest absolute Gasteiger partial charge is 0.138 e. The van der Waals surface area contributed by atoms with E-state index in [-0.39, 0.29) is 6.04 Å². The second kappa shape index (κ2) is 6.61. The number of hydrogen-bond donors (Lipinski definition) is 1. The Morgan fingerprint density at radius 1 is 1.30 bits per heavy atom. The molecule has 0 aliphatic carbocycles. The van der Waals surface area contributed by atoms with Crippen molar-refractivity contribution in [1.29, 1.82) is 0 Å². The molecule has 2 rings (SSSR count). The normalized spacial score (nSPS) is 12.8. The summed E-state index contributed by atoms with van der Waals surface area (Å²) in [5.41, 5.74) is 2.29. The molecule has 5 nitrogen and oxygen atoms in total. The van der Waals surface area contributed by atoms with Gasteiger partial charge >= 0.3 is 0 Å². The van der Waals surface area contributed by atoms with E-state index in [9.17, 15) is 0 Å². The molecule has 0 aliphatic rings. The Morgan fingerprint density at radius 3 is 2.75 bits per heavy atom. The lowest BCUT2D eigenvalue weighted by Gasteiger charge is -2.18. The predicted molar refractivity (Wildman–Crippen MR) is 79.5 cm³/mol. The Morgan fingerprint density at radius 2 is 2.10 bits per heavy atom. The molecule has 108 valence electrons. The molecule has 0 aliphatic heterocycles. The summed E-state index contributed by atoms with van der Waals surface area (Å²) in [5.74, 6) is 0.995. The van der Waals surface area contributed by atoms with Crippen LogP contribution in [0.15, 0.2) is 24.7 Å². The fourth-order valence-electron chi connectivity index (χ4n) is 2.31. The van der Waals surface area contributed by atoms with E-state index in [1.54, 1.807) is 6.33 Å². The SMILES string of the molecule is CCNC(Cc1ncnn1C(C)C)c1cc(C)ccn1. The highest BCUT2D eigenvalue weighted by molar-refractivity contribution is 5.18. The predicted octanol–water partition coefficient (Wildman–Crippen LogP) is 2.46. The molecule has 0 amide bonds. The minimum Gasteiger partial charge on any atom is -0.309 e. The number of aromatic nitrogens is 4. The Kier molecular flexibility index (Phi) is 4.84. The lowest BCUT2D eigenvalue weighted by molar-refractivity contribution is 0.464. The minimum absolute atomic E-state index is 0.168. The van der Waals surface area contributed by atoms with Crippen LogP contribution in [0.4, 0.5) is 0 Å². The molecule has 2 aromatic rings. The highest BCUT2D eigenvalue weighted by atomic mass is 15.3. The molecule has 2 aromatic heterocycles. The van der Waals surface area contributed by atoms with E-state index in [0.717, 1.165) is 24.5 Å². The number of nitrogens with one attached hydrogen (secondary N) is 1. The van der Waals surface area contributed by atoms with Crippen molar-refractivity contribution in [3.63, 3.8) is 0 Å². The van der Waals surface area contributed by atoms with Gasteiger partial charge in [0.2, 0.25) is 0 Å². The minimum atomic E-state index is 0.168. The molecule has 1 N–H and O–H groups in total. The van der Waals surface area contributed by atoms with Crippen LogP contribution in [0, 0.1) is 6.92 Å². The summed E-state index contributed by atoms with van der Waals surface area (Å²) in [6.45, 7) is 9.33. The zero-order chi connectivity index (χ0) is 14.5. The van der Waals surface area contributed by atoms with Crippen LogP contribution in [0.5, 0.6) is 0 Å². The highest BCUT2D eigenvalue weighted by Crippen LogP contribution is 2.17. The first kappa shape index (κ1) is 14.7. The van der Waals surface area contributed by atoms with Crippen molar-refractivity contribution in [3.8, 4) is 0 Å². The lowest BCUT2D eigenvalue weighted by Crippen LogP contribution is -2.25. The first-order valence-electron chi connectivity index (χ1n) is 7.16. The summed E-state index contributed by atoms with van der Waals surface area (Å²) < 4.78 is 1.97. The average Bonchev–Trinajstić information content (AvgIpc) is 2.86. The van der Waals surface area contributed by atoms with E-state index < -0.39 is 0 Å². The van der Waals surface area contributed by atoms with E-state index in [1.165, 1.54) is 5.56 Å². The van der Waals surface area contributed by atoms with Crippen LogP contribution in [0.3, 0.4) is 0 Å². The quantitative estimate of drug-likeness (QED) is 0.878. The summed E-state index contributed by atoms with van der Waals surface area (Å²) in [6.07, 6.45) is 4.28. The summed E-state index contributed by atoms with van der Waals surface area (Å²) in [5, 5.41) is 7.78. The molecule has 1 unspecified atom stereocenters. The van der Waals surface area contributed by atoms with Crippen LogP contribution in [0.25, 0.3) is 0 Å². The van der Waals surface area contributed by atoms with Gasteiger partial charge in [-0.15, -0.1) is 0 Å². The van der Waals surface area contributed by atoms with Crippen molar-refractivity contribution >= 4 is 0 Å². The zero-order valence-corrected chi connectivity index (χ0v) is 12.7. The molecule has 0 fully saturated rings. The number of aryl methyl sites for hydroxylation is 1. The van der Waals surface area contributed by atoms with Gasteiger partial charge in [-0.05, 0) is 45.0 Å². The first-order chi connectivity index (χ1) is 9.61. The molecule has 1 atom stereocenters. The van der Waals surface area contributed by atoms with Gasteiger partial charge in [-0.3, -0.25) is 4.98 Å². The number of rotatable bonds is 6. The molecule has 5 heteroatoms. The molecular weight excluding hydrogens is 250 g/mol. The highest BCUT2D eigenvalue weighted by Gasteiger charge is 2.17. The molecule has 2 heterocycles. The monoisotopic (exact) mass is 273 g/mol. The fraction of sp³-hybridized carbons (Fsp3) is 0.533. The third kappa shape index (κ3) is 3.42. The maximum Gasteiger partial charge on any atom is 0.138 e. The number of hydrogen-bond acceptors (Lipinski definition) is 4. The standard InChI is InChI=1S/C15H23N5/c1-5-16-14(13-8-12(4)6-7-17-13)9-15-18-10-19-20(15)11(2)3/h6-8,10-11,14,16H,5,9H2,1-4H3. The molecule has 0 saturated heterocycles. The Hall–Kier alpha value is -1.75. The summed E-state index contributed by atoms with van der Waals surface area (Å²) >= 11 is 0. The Balaban J connectivity index is 2.23. The van der Waals surface area contributed by atoms with Crippen molar-refractivity contribution in [2.45, 2.75) is 46.2 Å². The first-order valence-corrected chi connectivity index (χ1v) is 7.16. The van der Waals surface area contributed by atoms with Crippen LogP contribution in [0.2, 0.25) is 0 Å². The number of likely N-dealkylation sites (N-methyl/N-ethyl adjacent to an activating group) is 1. The summed E-state index contributed by atoms with van der Waals surface area (Å²) in [6, 6.07) is 4.63. The van der Waals surface area contributed by atoms with Gasteiger partial charge in [-0.2, -0.15) is 5.10 Å². The van der Waals surface area contributed by atoms with Gasteiger partial charge in [0.1, 0.15) is 12.2 Å². The molecule has 0 bridgehead atoms. The van der Waals surface area contributed by atoms with Crippen molar-refractivity contribution in [1.82, 2.24) is 25.1 Å².